The molecule has 2 saturated carbocycles. The zero-order valence-corrected chi connectivity index (χ0v) is 8.80. The summed E-state index contributed by atoms with van der Waals surface area (Å²) in [7, 11) is 0. The Bertz CT molecular complexity index is 325. The maximum absolute atomic E-state index is 11.3. The highest BCUT2D eigenvalue weighted by Gasteiger charge is 2.80. The summed E-state index contributed by atoms with van der Waals surface area (Å²) in [6.45, 7) is 5.50. The first kappa shape index (κ1) is 8.72. The summed E-state index contributed by atoms with van der Waals surface area (Å²) in [5.41, 5.74) is -0.301. The van der Waals surface area contributed by atoms with Gasteiger partial charge >= 0.3 is 0 Å². The van der Waals surface area contributed by atoms with E-state index in [0.717, 1.165) is 19.4 Å². The Hall–Kier alpha value is -0.570. The molecular formula is C11H17NO2. The summed E-state index contributed by atoms with van der Waals surface area (Å²) >= 11 is 0. The fourth-order valence-corrected chi connectivity index (χ4v) is 4.64. The first-order chi connectivity index (χ1) is 6.46. The number of nitrogens with two attached hydrogens (primary N) is 1. The van der Waals surface area contributed by atoms with Crippen molar-refractivity contribution in [3.8, 4) is 0 Å². The van der Waals surface area contributed by atoms with Crippen molar-refractivity contribution >= 4 is 5.97 Å². The molecule has 3 aliphatic rings. The van der Waals surface area contributed by atoms with Gasteiger partial charge in [0, 0.05) is 6.42 Å². The van der Waals surface area contributed by atoms with Crippen LogP contribution in [-0.4, -0.2) is 18.1 Å². The Morgan fingerprint density at radius 1 is 1.50 bits per heavy atom. The summed E-state index contributed by atoms with van der Waals surface area (Å²) in [6, 6.07) is 0. The van der Waals surface area contributed by atoms with Gasteiger partial charge in [-0.15, -0.1) is 0 Å². The molecule has 2 bridgehead atoms. The van der Waals surface area contributed by atoms with Gasteiger partial charge in [-0.1, -0.05) is 13.8 Å². The molecule has 1 heterocycles. The van der Waals surface area contributed by atoms with Gasteiger partial charge in [0.1, 0.15) is 11.5 Å². The van der Waals surface area contributed by atoms with E-state index in [2.05, 4.69) is 13.8 Å². The molecule has 3 rings (SSSR count). The van der Waals surface area contributed by atoms with Crippen LogP contribution in [-0.2, 0) is 4.79 Å². The quantitative estimate of drug-likeness (QED) is 0.576. The third kappa shape index (κ3) is 0.553. The average molecular weight is 195 g/mol. The third-order valence-corrected chi connectivity index (χ3v) is 5.76. The van der Waals surface area contributed by atoms with Crippen molar-refractivity contribution in [2.45, 2.75) is 38.6 Å². The van der Waals surface area contributed by atoms with Gasteiger partial charge in [0.15, 0.2) is 0 Å². The molecule has 0 unspecified atom stereocenters. The molecule has 0 aromatic carbocycles. The first-order valence-corrected chi connectivity index (χ1v) is 5.52. The molecule has 78 valence electrons. The molecule has 3 fully saturated rings. The molecule has 3 nitrogen and oxygen atoms in total. The molecule has 2 N–H and O–H groups in total. The van der Waals surface area contributed by atoms with E-state index in [-0.39, 0.29) is 10.8 Å². The van der Waals surface area contributed by atoms with E-state index < -0.39 is 11.5 Å². The van der Waals surface area contributed by atoms with Gasteiger partial charge in [0.05, 0.1) is 12.0 Å². The number of carbonyl (C=O) groups is 1. The van der Waals surface area contributed by atoms with Crippen molar-refractivity contribution in [1.82, 2.24) is 0 Å². The minimum Gasteiger partial charge on any atom is -0.544 e. The van der Waals surface area contributed by atoms with E-state index in [9.17, 15) is 9.90 Å². The number of hydrogen-bond acceptors (Lipinski definition) is 2. The van der Waals surface area contributed by atoms with Crippen LogP contribution in [0.5, 0.6) is 0 Å². The maximum atomic E-state index is 11.3. The average Bonchev–Trinajstić information content (AvgIpc) is 2.37. The number of rotatable bonds is 1. The number of carboxylic acids is 1. The summed E-state index contributed by atoms with van der Waals surface area (Å²) < 4.78 is 0. The molecule has 2 aliphatic carbocycles. The lowest BCUT2D eigenvalue weighted by molar-refractivity contribution is -0.812. The van der Waals surface area contributed by atoms with Crippen molar-refractivity contribution in [3.05, 3.63) is 0 Å². The SMILES string of the molecule is CC1(C)[C@H]2CC[C@@]13C[NH2+][C@]3(C(=O)[O-])C2. The topological polar surface area (TPSA) is 56.7 Å². The van der Waals surface area contributed by atoms with Crippen molar-refractivity contribution in [2.24, 2.45) is 16.7 Å². The van der Waals surface area contributed by atoms with Crippen LogP contribution in [0.2, 0.25) is 0 Å². The molecular weight excluding hydrogens is 178 g/mol. The van der Waals surface area contributed by atoms with Gasteiger partial charge in [-0.3, -0.25) is 0 Å². The van der Waals surface area contributed by atoms with Crippen LogP contribution in [0, 0.1) is 16.7 Å². The van der Waals surface area contributed by atoms with Crippen LogP contribution in [0.4, 0.5) is 0 Å². The molecule has 1 aliphatic heterocycles. The Labute approximate surface area is 83.9 Å². The number of fused-ring (bicyclic) bond motifs is 1. The molecule has 14 heavy (non-hydrogen) atoms. The van der Waals surface area contributed by atoms with Crippen molar-refractivity contribution < 1.29 is 15.2 Å². The van der Waals surface area contributed by atoms with E-state index in [1.54, 1.807) is 0 Å². The lowest BCUT2D eigenvalue weighted by Gasteiger charge is -2.56. The molecule has 3 atom stereocenters. The highest BCUT2D eigenvalue weighted by molar-refractivity contribution is 5.78. The van der Waals surface area contributed by atoms with Crippen molar-refractivity contribution in [2.75, 3.05) is 6.54 Å². The minimum absolute atomic E-state index is 0.0451. The largest absolute Gasteiger partial charge is 0.544 e. The van der Waals surface area contributed by atoms with E-state index in [1.807, 2.05) is 5.32 Å². The minimum atomic E-state index is -0.820. The summed E-state index contributed by atoms with van der Waals surface area (Å²) in [5, 5.41) is 13.3. The van der Waals surface area contributed by atoms with E-state index >= 15 is 0 Å². The van der Waals surface area contributed by atoms with Gasteiger partial charge in [-0.25, -0.2) is 0 Å². The maximum Gasteiger partial charge on any atom is 0.148 e. The lowest BCUT2D eigenvalue weighted by Crippen LogP contribution is -3.15. The van der Waals surface area contributed by atoms with Gasteiger partial charge in [0.25, 0.3) is 0 Å². The van der Waals surface area contributed by atoms with Crippen LogP contribution < -0.4 is 10.4 Å². The molecule has 0 aromatic heterocycles. The smallest absolute Gasteiger partial charge is 0.148 e. The van der Waals surface area contributed by atoms with E-state index in [0.29, 0.717) is 5.92 Å². The third-order valence-electron chi connectivity index (χ3n) is 5.76. The second-order valence-electron chi connectivity index (χ2n) is 5.91. The fourth-order valence-electron chi connectivity index (χ4n) is 4.64. The zero-order chi connectivity index (χ0) is 10.2. The van der Waals surface area contributed by atoms with Crippen LogP contribution in [0.3, 0.4) is 0 Å². The predicted octanol–water partition coefficient (Wildman–Crippen LogP) is -1.12. The number of carboxylic acid groups (broad SMARTS) is 1. The first-order valence-electron chi connectivity index (χ1n) is 5.52. The number of aliphatic carboxylic acids is 1. The summed E-state index contributed by atoms with van der Waals surface area (Å²) in [6.07, 6.45) is 3.15. The zero-order valence-electron chi connectivity index (χ0n) is 8.80. The summed E-state index contributed by atoms with van der Waals surface area (Å²) in [5.74, 6) is -0.224. The molecule has 1 saturated heterocycles. The monoisotopic (exact) mass is 195 g/mol. The van der Waals surface area contributed by atoms with Crippen LogP contribution in [0.15, 0.2) is 0 Å². The van der Waals surface area contributed by atoms with Gasteiger partial charge < -0.3 is 15.2 Å². The molecule has 1 spiro atoms. The fraction of sp³-hybridized carbons (Fsp3) is 0.909. The van der Waals surface area contributed by atoms with Crippen LogP contribution >= 0.6 is 0 Å². The second-order valence-corrected chi connectivity index (χ2v) is 5.91. The van der Waals surface area contributed by atoms with Crippen LogP contribution in [0.25, 0.3) is 0 Å². The molecule has 0 aromatic rings. The number of hydrogen-bond donors (Lipinski definition) is 1. The van der Waals surface area contributed by atoms with Gasteiger partial charge in [-0.2, -0.15) is 0 Å². The van der Waals surface area contributed by atoms with Gasteiger partial charge in [0.2, 0.25) is 0 Å². The lowest BCUT2D eigenvalue weighted by atomic mass is 9.56. The summed E-state index contributed by atoms with van der Waals surface area (Å²) in [4.78, 5) is 11.3. The standard InChI is InChI=1S/C11H17NO2/c1-9(2)7-3-4-10(9)6-12-11(10,5-7)8(13)14/h7,12H,3-6H2,1-2H3,(H,13,14)/t7-,10+,11-/m0/s1. The van der Waals surface area contributed by atoms with Crippen molar-refractivity contribution in [1.29, 1.82) is 0 Å². The normalized spacial score (nSPS) is 52.6. The molecule has 3 heteroatoms. The Morgan fingerprint density at radius 3 is 2.50 bits per heavy atom. The Balaban J connectivity index is 2.13. The predicted molar refractivity (Wildman–Crippen MR) is 48.1 cm³/mol. The second kappa shape index (κ2) is 2.01. The van der Waals surface area contributed by atoms with E-state index in [4.69, 9.17) is 0 Å². The highest BCUT2D eigenvalue weighted by Crippen LogP contribution is 2.70. The van der Waals surface area contributed by atoms with Crippen LogP contribution in [0.1, 0.15) is 33.1 Å². The number of carbonyl (C=O) groups excluding carboxylic acids is 1. The van der Waals surface area contributed by atoms with Gasteiger partial charge in [-0.05, 0) is 24.2 Å². The number of quaternary nitrogens is 1. The Kier molecular flexibility index (Phi) is 1.25. The highest BCUT2D eigenvalue weighted by atomic mass is 16.4. The van der Waals surface area contributed by atoms with Crippen molar-refractivity contribution in [3.63, 3.8) is 0 Å². The molecule has 0 amide bonds. The molecule has 0 radical (unpaired) electrons. The Morgan fingerprint density at radius 2 is 2.21 bits per heavy atom. The van der Waals surface area contributed by atoms with E-state index in [1.165, 1.54) is 6.42 Å².